The highest BCUT2D eigenvalue weighted by molar-refractivity contribution is 9.11. The molecule has 0 fully saturated rings. The van der Waals surface area contributed by atoms with Crippen molar-refractivity contribution in [2.24, 2.45) is 0 Å². The zero-order valence-corrected chi connectivity index (χ0v) is 13.8. The lowest BCUT2D eigenvalue weighted by Gasteiger charge is -2.16. The van der Waals surface area contributed by atoms with E-state index in [1.54, 1.807) is 12.1 Å². The lowest BCUT2D eigenvalue weighted by Crippen LogP contribution is -2.26. The van der Waals surface area contributed by atoms with Crippen molar-refractivity contribution in [2.75, 3.05) is 7.05 Å². The van der Waals surface area contributed by atoms with E-state index in [0.29, 0.717) is 12.1 Å². The summed E-state index contributed by atoms with van der Waals surface area (Å²) in [5.74, 6) is 0. The van der Waals surface area contributed by atoms with Crippen LogP contribution < -0.4 is 0 Å². The zero-order chi connectivity index (χ0) is 14.8. The summed E-state index contributed by atoms with van der Waals surface area (Å²) in [4.78, 5) is 0.133. The molecule has 0 aliphatic rings. The second-order valence-electron chi connectivity index (χ2n) is 4.16. The molecule has 104 valence electrons. The first kappa shape index (κ1) is 15.2. The highest BCUT2D eigenvalue weighted by atomic mass is 79.9. The van der Waals surface area contributed by atoms with E-state index in [9.17, 15) is 8.42 Å². The Morgan fingerprint density at radius 3 is 2.75 bits per heavy atom. The summed E-state index contributed by atoms with van der Waals surface area (Å²) in [6, 6.07) is 9.86. The number of rotatable bonds is 4. The fraction of sp³-hybridized carbons (Fsp3) is 0.154. The summed E-state index contributed by atoms with van der Waals surface area (Å²) in [6.45, 7) is 0.293. The van der Waals surface area contributed by atoms with Gasteiger partial charge in [0.25, 0.3) is 0 Å². The third-order valence-electron chi connectivity index (χ3n) is 2.70. The molecule has 2 aromatic rings. The summed E-state index contributed by atoms with van der Waals surface area (Å²) in [6.07, 6.45) is 0. The minimum Gasteiger partial charge on any atom is -0.207 e. The average molecular weight is 371 g/mol. The van der Waals surface area contributed by atoms with Crippen molar-refractivity contribution in [1.29, 1.82) is 5.26 Å². The van der Waals surface area contributed by atoms with Crippen LogP contribution in [-0.2, 0) is 16.6 Å². The van der Waals surface area contributed by atoms with Gasteiger partial charge in [0.2, 0.25) is 10.0 Å². The SMILES string of the molecule is CN(Cc1csc(Br)c1)S(=O)(=O)c1cccc(C#N)c1. The molecule has 0 amide bonds. The van der Waals surface area contributed by atoms with Crippen molar-refractivity contribution < 1.29 is 8.42 Å². The van der Waals surface area contributed by atoms with E-state index in [-0.39, 0.29) is 4.90 Å². The molecule has 20 heavy (non-hydrogen) atoms. The lowest BCUT2D eigenvalue weighted by molar-refractivity contribution is 0.467. The minimum atomic E-state index is -3.59. The van der Waals surface area contributed by atoms with Gasteiger partial charge in [0.15, 0.2) is 0 Å². The highest BCUT2D eigenvalue weighted by Gasteiger charge is 2.21. The molecule has 0 radical (unpaired) electrons. The topological polar surface area (TPSA) is 61.2 Å². The van der Waals surface area contributed by atoms with Crippen LogP contribution in [0.25, 0.3) is 0 Å². The van der Waals surface area contributed by atoms with Crippen LogP contribution in [0, 0.1) is 11.3 Å². The Bertz CT molecular complexity index is 763. The fourth-order valence-corrected chi connectivity index (χ4v) is 4.08. The molecule has 0 N–H and O–H groups in total. The number of benzene rings is 1. The number of nitriles is 1. The third-order valence-corrected chi connectivity index (χ3v) is 6.05. The van der Waals surface area contributed by atoms with Gasteiger partial charge >= 0.3 is 0 Å². The summed E-state index contributed by atoms with van der Waals surface area (Å²) in [5, 5.41) is 10.7. The monoisotopic (exact) mass is 370 g/mol. The van der Waals surface area contributed by atoms with E-state index >= 15 is 0 Å². The number of sulfonamides is 1. The summed E-state index contributed by atoms with van der Waals surface area (Å²) < 4.78 is 27.1. The zero-order valence-electron chi connectivity index (χ0n) is 10.6. The molecule has 4 nitrogen and oxygen atoms in total. The van der Waals surface area contributed by atoms with E-state index in [4.69, 9.17) is 5.26 Å². The molecule has 7 heteroatoms. The second kappa shape index (κ2) is 6.06. The highest BCUT2D eigenvalue weighted by Crippen LogP contribution is 2.23. The minimum absolute atomic E-state index is 0.133. The van der Waals surface area contributed by atoms with Gasteiger partial charge in [-0.25, -0.2) is 8.42 Å². The van der Waals surface area contributed by atoms with Crippen molar-refractivity contribution in [1.82, 2.24) is 4.31 Å². The third kappa shape index (κ3) is 3.27. The van der Waals surface area contributed by atoms with Gasteiger partial charge in [-0.2, -0.15) is 9.57 Å². The van der Waals surface area contributed by atoms with Crippen molar-refractivity contribution in [2.45, 2.75) is 11.4 Å². The largest absolute Gasteiger partial charge is 0.243 e. The Morgan fingerprint density at radius 2 is 2.15 bits per heavy atom. The molecule has 0 saturated carbocycles. The Hall–Kier alpha value is -1.20. The van der Waals surface area contributed by atoms with Crippen molar-refractivity contribution in [3.63, 3.8) is 0 Å². The van der Waals surface area contributed by atoms with Crippen LogP contribution in [0.4, 0.5) is 0 Å². The molecule has 1 heterocycles. The molecule has 0 aliphatic heterocycles. The standard InChI is InChI=1S/C13H11BrN2O2S2/c1-16(8-11-6-13(14)19-9-11)20(17,18)12-4-2-3-10(5-12)7-15/h2-6,9H,8H2,1H3. The van der Waals surface area contributed by atoms with Crippen LogP contribution in [-0.4, -0.2) is 19.8 Å². The average Bonchev–Trinajstić information content (AvgIpc) is 2.84. The molecular weight excluding hydrogens is 360 g/mol. The maximum absolute atomic E-state index is 12.4. The van der Waals surface area contributed by atoms with Crippen molar-refractivity contribution in [3.05, 3.63) is 50.6 Å². The fourth-order valence-electron chi connectivity index (χ4n) is 1.68. The first-order valence-corrected chi connectivity index (χ1v) is 8.74. The van der Waals surface area contributed by atoms with E-state index < -0.39 is 10.0 Å². The van der Waals surface area contributed by atoms with Gasteiger partial charge in [0.05, 0.1) is 20.3 Å². The lowest BCUT2D eigenvalue weighted by atomic mass is 10.2. The Kier molecular flexibility index (Phi) is 4.60. The van der Waals surface area contributed by atoms with Gasteiger partial charge in [-0.1, -0.05) is 6.07 Å². The van der Waals surface area contributed by atoms with Crippen LogP contribution in [0.5, 0.6) is 0 Å². The smallest absolute Gasteiger partial charge is 0.207 e. The molecule has 0 atom stereocenters. The van der Waals surface area contributed by atoms with Gasteiger partial charge in [0, 0.05) is 13.6 Å². The molecule has 0 bridgehead atoms. The molecule has 0 saturated heterocycles. The first-order chi connectivity index (χ1) is 9.43. The van der Waals surface area contributed by atoms with Crippen LogP contribution >= 0.6 is 27.3 Å². The van der Waals surface area contributed by atoms with Crippen LogP contribution in [0.2, 0.25) is 0 Å². The van der Waals surface area contributed by atoms with Crippen LogP contribution in [0.1, 0.15) is 11.1 Å². The van der Waals surface area contributed by atoms with E-state index in [2.05, 4.69) is 15.9 Å². The van der Waals surface area contributed by atoms with Gasteiger partial charge < -0.3 is 0 Å². The summed E-state index contributed by atoms with van der Waals surface area (Å²) in [5.41, 5.74) is 1.25. The second-order valence-corrected chi connectivity index (χ2v) is 8.50. The normalized spacial score (nSPS) is 11.5. The Labute approximate surface area is 130 Å². The number of hydrogen-bond acceptors (Lipinski definition) is 4. The summed E-state index contributed by atoms with van der Waals surface area (Å²) in [7, 11) is -2.06. The van der Waals surface area contributed by atoms with E-state index in [1.165, 1.54) is 34.8 Å². The predicted molar refractivity (Wildman–Crippen MR) is 81.8 cm³/mol. The molecule has 0 unspecified atom stereocenters. The Morgan fingerprint density at radius 1 is 1.40 bits per heavy atom. The van der Waals surface area contributed by atoms with Gasteiger partial charge in [-0.05, 0) is 51.1 Å². The predicted octanol–water partition coefficient (Wildman–Crippen LogP) is 3.20. The Balaban J connectivity index is 2.27. The maximum Gasteiger partial charge on any atom is 0.243 e. The molecule has 0 spiro atoms. The number of halogens is 1. The van der Waals surface area contributed by atoms with Crippen molar-refractivity contribution in [3.8, 4) is 6.07 Å². The maximum atomic E-state index is 12.4. The molecule has 2 rings (SSSR count). The molecular formula is C13H11BrN2O2S2. The summed E-state index contributed by atoms with van der Waals surface area (Å²) >= 11 is 4.86. The number of nitrogens with zero attached hydrogens (tertiary/aromatic N) is 2. The van der Waals surface area contributed by atoms with E-state index in [1.807, 2.05) is 17.5 Å². The number of thiophene rings is 1. The van der Waals surface area contributed by atoms with Crippen LogP contribution in [0.3, 0.4) is 0 Å². The van der Waals surface area contributed by atoms with Crippen LogP contribution in [0.15, 0.2) is 44.4 Å². The quantitative estimate of drug-likeness (QED) is 0.829. The van der Waals surface area contributed by atoms with Gasteiger partial charge in [0.1, 0.15) is 0 Å². The molecule has 1 aromatic carbocycles. The molecule has 0 aliphatic carbocycles. The van der Waals surface area contributed by atoms with E-state index in [0.717, 1.165) is 9.35 Å². The first-order valence-electron chi connectivity index (χ1n) is 5.63. The number of hydrogen-bond donors (Lipinski definition) is 0. The molecule has 1 aromatic heterocycles. The van der Waals surface area contributed by atoms with Gasteiger partial charge in [-0.15, -0.1) is 11.3 Å². The van der Waals surface area contributed by atoms with Gasteiger partial charge in [-0.3, -0.25) is 0 Å². The van der Waals surface area contributed by atoms with Crippen molar-refractivity contribution >= 4 is 37.3 Å².